The van der Waals surface area contributed by atoms with Gasteiger partial charge in [0.15, 0.2) is 0 Å². The molecule has 0 saturated heterocycles. The van der Waals surface area contributed by atoms with Crippen molar-refractivity contribution in [3.05, 3.63) is 11.6 Å². The van der Waals surface area contributed by atoms with Crippen molar-refractivity contribution in [2.75, 3.05) is 0 Å². The lowest BCUT2D eigenvalue weighted by Gasteiger charge is -2.25. The fourth-order valence-electron chi connectivity index (χ4n) is 1.40. The van der Waals surface area contributed by atoms with E-state index in [0.29, 0.717) is 0 Å². The van der Waals surface area contributed by atoms with Crippen molar-refractivity contribution in [1.82, 2.24) is 0 Å². The van der Waals surface area contributed by atoms with Crippen LogP contribution in [0.2, 0.25) is 0 Å². The number of allylic oxidation sites excluding steroid dienone is 2. The largest absolute Gasteiger partial charge is 0.412 e. The van der Waals surface area contributed by atoms with Crippen LogP contribution in [0.25, 0.3) is 0 Å². The molecule has 1 rings (SSSR count). The predicted octanol–water partition coefficient (Wildman–Crippen LogP) is 3.24. The maximum atomic E-state index is 12.8. The van der Waals surface area contributed by atoms with E-state index in [1.165, 1.54) is 6.92 Å². The van der Waals surface area contributed by atoms with E-state index in [4.69, 9.17) is 0 Å². The van der Waals surface area contributed by atoms with Crippen LogP contribution in [0.15, 0.2) is 11.6 Å². The van der Waals surface area contributed by atoms with Crippen LogP contribution < -0.4 is 0 Å². The third-order valence-corrected chi connectivity index (χ3v) is 2.17. The van der Waals surface area contributed by atoms with Gasteiger partial charge in [-0.25, -0.2) is 4.39 Å². The molecule has 0 nitrogen and oxygen atoms in total. The smallest absolute Gasteiger partial charge is 0.247 e. The maximum absolute atomic E-state index is 12.8. The van der Waals surface area contributed by atoms with E-state index in [1.54, 1.807) is 0 Å². The minimum atomic E-state index is -4.36. The van der Waals surface area contributed by atoms with Crippen LogP contribution in [-0.4, -0.2) is 12.3 Å². The lowest BCUT2D eigenvalue weighted by atomic mass is 9.87. The first kappa shape index (κ1) is 9.55. The Morgan fingerprint density at radius 1 is 1.42 bits per heavy atom. The van der Waals surface area contributed by atoms with Gasteiger partial charge < -0.3 is 0 Å². The van der Waals surface area contributed by atoms with Crippen molar-refractivity contribution in [3.63, 3.8) is 0 Å². The van der Waals surface area contributed by atoms with Crippen molar-refractivity contribution >= 4 is 0 Å². The number of halogens is 4. The molecule has 0 N–H and O–H groups in total. The molecule has 1 aliphatic carbocycles. The minimum absolute atomic E-state index is 0.195. The molecule has 0 heterocycles. The van der Waals surface area contributed by atoms with Crippen molar-refractivity contribution < 1.29 is 17.6 Å². The zero-order valence-corrected chi connectivity index (χ0v) is 6.66. The summed E-state index contributed by atoms with van der Waals surface area (Å²) in [6.07, 6.45) is -4.20. The van der Waals surface area contributed by atoms with Gasteiger partial charge >= 0.3 is 6.18 Å². The molecule has 0 spiro atoms. The number of rotatable bonds is 0. The molecule has 2 unspecified atom stereocenters. The molecule has 12 heavy (non-hydrogen) atoms. The van der Waals surface area contributed by atoms with E-state index < -0.39 is 23.8 Å². The molecular formula is C8H10F4. The van der Waals surface area contributed by atoms with Gasteiger partial charge in [0.2, 0.25) is 0 Å². The van der Waals surface area contributed by atoms with Gasteiger partial charge in [0.1, 0.15) is 6.17 Å². The van der Waals surface area contributed by atoms with E-state index >= 15 is 0 Å². The van der Waals surface area contributed by atoms with Crippen LogP contribution in [0.1, 0.15) is 19.8 Å². The second kappa shape index (κ2) is 3.07. The van der Waals surface area contributed by atoms with Crippen LogP contribution in [0.3, 0.4) is 0 Å². The summed E-state index contributed by atoms with van der Waals surface area (Å²) in [7, 11) is 0. The molecule has 0 amide bonds. The van der Waals surface area contributed by atoms with Crippen LogP contribution in [0.5, 0.6) is 0 Å². The van der Waals surface area contributed by atoms with Gasteiger partial charge in [0.25, 0.3) is 0 Å². The molecule has 0 fully saturated rings. The Hall–Kier alpha value is -0.540. The summed E-state index contributed by atoms with van der Waals surface area (Å²) in [5, 5.41) is 0. The fourth-order valence-corrected chi connectivity index (χ4v) is 1.40. The quantitative estimate of drug-likeness (QED) is 0.398. The molecule has 0 aromatic rings. The Morgan fingerprint density at radius 3 is 2.42 bits per heavy atom. The van der Waals surface area contributed by atoms with E-state index in [1.807, 2.05) is 0 Å². The van der Waals surface area contributed by atoms with E-state index in [-0.39, 0.29) is 12.8 Å². The van der Waals surface area contributed by atoms with Crippen LogP contribution >= 0.6 is 0 Å². The summed E-state index contributed by atoms with van der Waals surface area (Å²) in [6.45, 7) is 1.28. The third-order valence-electron chi connectivity index (χ3n) is 2.17. The van der Waals surface area contributed by atoms with Crippen molar-refractivity contribution in [3.8, 4) is 0 Å². The van der Waals surface area contributed by atoms with E-state index in [9.17, 15) is 17.6 Å². The number of hydrogen-bond donors (Lipinski definition) is 0. The highest BCUT2D eigenvalue weighted by Gasteiger charge is 2.40. The Balaban J connectivity index is 2.82. The van der Waals surface area contributed by atoms with Gasteiger partial charge in [-0.05, 0) is 12.8 Å². The minimum Gasteiger partial charge on any atom is -0.247 e. The maximum Gasteiger partial charge on any atom is 0.412 e. The average Bonchev–Trinajstić information content (AvgIpc) is 1.92. The highest BCUT2D eigenvalue weighted by Crippen LogP contribution is 2.38. The van der Waals surface area contributed by atoms with Crippen LogP contribution in [-0.2, 0) is 0 Å². The van der Waals surface area contributed by atoms with Gasteiger partial charge in [-0.1, -0.05) is 13.0 Å². The van der Waals surface area contributed by atoms with Crippen LogP contribution in [0.4, 0.5) is 17.6 Å². The number of alkyl halides is 4. The van der Waals surface area contributed by atoms with Gasteiger partial charge in [-0.3, -0.25) is 0 Å². The lowest BCUT2D eigenvalue weighted by molar-refractivity contribution is -0.103. The second-order valence-electron chi connectivity index (χ2n) is 3.04. The molecule has 70 valence electrons. The fraction of sp³-hybridized carbons (Fsp3) is 0.750. The lowest BCUT2D eigenvalue weighted by Crippen LogP contribution is -2.27. The monoisotopic (exact) mass is 182 g/mol. The van der Waals surface area contributed by atoms with E-state index in [2.05, 4.69) is 0 Å². The third kappa shape index (κ3) is 1.79. The Morgan fingerprint density at radius 2 is 2.00 bits per heavy atom. The summed E-state index contributed by atoms with van der Waals surface area (Å²) < 4.78 is 49.2. The van der Waals surface area contributed by atoms with Gasteiger partial charge in [0.05, 0.1) is 0 Å². The molecule has 0 aliphatic heterocycles. The van der Waals surface area contributed by atoms with Gasteiger partial charge in [-0.2, -0.15) is 13.2 Å². The first-order chi connectivity index (χ1) is 5.43. The molecule has 2 atom stereocenters. The van der Waals surface area contributed by atoms with Crippen molar-refractivity contribution in [2.24, 2.45) is 5.92 Å². The molecule has 0 aromatic carbocycles. The Labute approximate surface area is 68.3 Å². The van der Waals surface area contributed by atoms with E-state index in [0.717, 1.165) is 6.08 Å². The molecule has 0 aromatic heterocycles. The van der Waals surface area contributed by atoms with Crippen molar-refractivity contribution in [2.45, 2.75) is 32.1 Å². The Bertz CT molecular complexity index is 192. The molecule has 0 radical (unpaired) electrons. The molecule has 0 bridgehead atoms. The first-order valence-corrected chi connectivity index (χ1v) is 3.84. The second-order valence-corrected chi connectivity index (χ2v) is 3.04. The molecule has 1 aliphatic rings. The molecule has 4 heteroatoms. The van der Waals surface area contributed by atoms with Gasteiger partial charge in [-0.15, -0.1) is 0 Å². The Kier molecular flexibility index (Phi) is 2.44. The number of hydrogen-bond acceptors (Lipinski definition) is 0. The molecular weight excluding hydrogens is 172 g/mol. The summed E-state index contributed by atoms with van der Waals surface area (Å²) in [4.78, 5) is 0. The van der Waals surface area contributed by atoms with Crippen molar-refractivity contribution in [1.29, 1.82) is 0 Å². The highest BCUT2D eigenvalue weighted by molar-refractivity contribution is 5.16. The summed E-state index contributed by atoms with van der Waals surface area (Å²) in [5.74, 6) is -1.00. The standard InChI is InChI=1S/C8H10F4/c1-5-6(8(10,11)12)3-2-4-7(5)9/h3,5,7H,2,4H2,1H3. The predicted molar refractivity (Wildman–Crippen MR) is 37.4 cm³/mol. The normalized spacial score (nSPS) is 31.6. The SMILES string of the molecule is CC1C(C(F)(F)F)=CCCC1F. The summed E-state index contributed by atoms with van der Waals surface area (Å²) >= 11 is 0. The van der Waals surface area contributed by atoms with Crippen LogP contribution in [0, 0.1) is 5.92 Å². The zero-order chi connectivity index (χ0) is 9.35. The highest BCUT2D eigenvalue weighted by atomic mass is 19.4. The topological polar surface area (TPSA) is 0 Å². The molecule has 0 saturated carbocycles. The first-order valence-electron chi connectivity index (χ1n) is 3.84. The zero-order valence-electron chi connectivity index (χ0n) is 6.66. The summed E-state index contributed by atoms with van der Waals surface area (Å²) in [6, 6.07) is 0. The van der Waals surface area contributed by atoms with Gasteiger partial charge in [0, 0.05) is 11.5 Å². The average molecular weight is 182 g/mol. The summed E-state index contributed by atoms with van der Waals surface area (Å²) in [5.41, 5.74) is -0.707.